The number of hydrogen-bond acceptors (Lipinski definition) is 2. The Morgan fingerprint density at radius 3 is 2.82 bits per heavy atom. The molecule has 1 aliphatic heterocycles. The molecule has 2 unspecified atom stereocenters. The van der Waals surface area contributed by atoms with Gasteiger partial charge in [0.05, 0.1) is 5.92 Å². The molecule has 0 bridgehead atoms. The van der Waals surface area contributed by atoms with Gasteiger partial charge in [-0.15, -0.1) is 0 Å². The number of aliphatic carboxylic acids is 1. The van der Waals surface area contributed by atoms with E-state index in [2.05, 4.69) is 0 Å². The summed E-state index contributed by atoms with van der Waals surface area (Å²) in [5.41, 5.74) is 0. The smallest absolute Gasteiger partial charge is 0.309 e. The Morgan fingerprint density at radius 2 is 2.36 bits per heavy atom. The Morgan fingerprint density at radius 1 is 1.73 bits per heavy atom. The molecule has 1 heterocycles. The van der Waals surface area contributed by atoms with Crippen LogP contribution in [0.3, 0.4) is 0 Å². The van der Waals surface area contributed by atoms with Crippen LogP contribution >= 0.6 is 0 Å². The molecule has 0 amide bonds. The van der Waals surface area contributed by atoms with E-state index in [1.165, 1.54) is 0 Å². The predicted molar refractivity (Wildman–Crippen MR) is 38.1 cm³/mol. The van der Waals surface area contributed by atoms with Crippen LogP contribution < -0.4 is 0 Å². The van der Waals surface area contributed by atoms with E-state index in [1.54, 1.807) is 7.05 Å². The fourth-order valence-electron chi connectivity index (χ4n) is 1.33. The molecule has 0 aromatic heterocycles. The largest absolute Gasteiger partial charge is 0.481 e. The number of likely N-dealkylation sites (tertiary alicyclic amines) is 1. The van der Waals surface area contributed by atoms with E-state index < -0.39 is 18.1 Å². The van der Waals surface area contributed by atoms with Crippen molar-refractivity contribution in [1.82, 2.24) is 4.90 Å². The van der Waals surface area contributed by atoms with Crippen molar-refractivity contribution >= 4 is 5.97 Å². The lowest BCUT2D eigenvalue weighted by Crippen LogP contribution is -2.42. The van der Waals surface area contributed by atoms with Crippen LogP contribution in [0, 0.1) is 5.92 Å². The molecule has 1 fully saturated rings. The second-order valence-electron chi connectivity index (χ2n) is 3.01. The number of nitrogens with zero attached hydrogens (tertiary/aromatic N) is 1. The Balaban J connectivity index is 2.50. The van der Waals surface area contributed by atoms with Gasteiger partial charge < -0.3 is 10.0 Å². The zero-order valence-corrected chi connectivity index (χ0v) is 6.46. The lowest BCUT2D eigenvalue weighted by atomic mass is 9.96. The Hall–Kier alpha value is -0.640. The van der Waals surface area contributed by atoms with Crippen LogP contribution in [0.1, 0.15) is 6.42 Å². The van der Waals surface area contributed by atoms with E-state index in [-0.39, 0.29) is 6.54 Å². The summed E-state index contributed by atoms with van der Waals surface area (Å²) in [6.07, 6.45) is -0.779. The van der Waals surface area contributed by atoms with E-state index in [9.17, 15) is 9.18 Å². The third kappa shape index (κ3) is 1.89. The highest BCUT2D eigenvalue weighted by molar-refractivity contribution is 5.70. The number of carboxylic acids is 1. The van der Waals surface area contributed by atoms with E-state index in [4.69, 9.17) is 5.11 Å². The normalized spacial score (nSPS) is 33.6. The van der Waals surface area contributed by atoms with Crippen molar-refractivity contribution in [2.24, 2.45) is 5.92 Å². The Labute approximate surface area is 64.8 Å². The first kappa shape index (κ1) is 8.46. The van der Waals surface area contributed by atoms with Gasteiger partial charge >= 0.3 is 5.97 Å². The van der Waals surface area contributed by atoms with Crippen molar-refractivity contribution in [1.29, 1.82) is 0 Å². The fourth-order valence-corrected chi connectivity index (χ4v) is 1.33. The summed E-state index contributed by atoms with van der Waals surface area (Å²) >= 11 is 0. The second-order valence-corrected chi connectivity index (χ2v) is 3.01. The summed E-state index contributed by atoms with van der Waals surface area (Å²) in [6, 6.07) is 0. The third-order valence-electron chi connectivity index (χ3n) is 2.06. The van der Waals surface area contributed by atoms with Crippen molar-refractivity contribution in [3.8, 4) is 0 Å². The predicted octanol–water partition coefficient (Wildman–Crippen LogP) is 0.361. The molecule has 64 valence electrons. The molecule has 2 atom stereocenters. The SMILES string of the molecule is CN1CCC(C(=O)O)C(F)C1. The third-order valence-corrected chi connectivity index (χ3v) is 2.06. The molecule has 0 aliphatic carbocycles. The molecule has 11 heavy (non-hydrogen) atoms. The monoisotopic (exact) mass is 161 g/mol. The standard InChI is InChI=1S/C7H12FNO2/c1-9-3-2-5(7(10)11)6(8)4-9/h5-6H,2-4H2,1H3,(H,10,11). The molecule has 0 spiro atoms. The van der Waals surface area contributed by atoms with E-state index in [0.717, 1.165) is 0 Å². The van der Waals surface area contributed by atoms with Gasteiger partial charge in [0.15, 0.2) is 0 Å². The van der Waals surface area contributed by atoms with Crippen molar-refractivity contribution in [2.75, 3.05) is 20.1 Å². The quantitative estimate of drug-likeness (QED) is 0.603. The van der Waals surface area contributed by atoms with E-state index in [1.807, 2.05) is 4.90 Å². The lowest BCUT2D eigenvalue weighted by molar-refractivity contribution is -0.146. The summed E-state index contributed by atoms with van der Waals surface area (Å²) in [6.45, 7) is 0.925. The van der Waals surface area contributed by atoms with Gasteiger partial charge in [-0.2, -0.15) is 0 Å². The molecule has 4 heteroatoms. The topological polar surface area (TPSA) is 40.5 Å². The van der Waals surface area contributed by atoms with Crippen LogP contribution in [-0.4, -0.2) is 42.3 Å². The average molecular weight is 161 g/mol. The minimum absolute atomic E-state index is 0.247. The average Bonchev–Trinajstić information content (AvgIpc) is 1.85. The molecule has 0 aromatic rings. The molecule has 0 radical (unpaired) electrons. The van der Waals surface area contributed by atoms with Crippen LogP contribution in [0.2, 0.25) is 0 Å². The van der Waals surface area contributed by atoms with Gasteiger partial charge in [0.1, 0.15) is 6.17 Å². The molecule has 0 saturated carbocycles. The molecule has 1 rings (SSSR count). The molecule has 3 nitrogen and oxygen atoms in total. The molecule has 0 aromatic carbocycles. The van der Waals surface area contributed by atoms with E-state index >= 15 is 0 Å². The number of piperidine rings is 1. The van der Waals surface area contributed by atoms with Gasteiger partial charge in [0.2, 0.25) is 0 Å². The zero-order valence-electron chi connectivity index (χ0n) is 6.46. The summed E-state index contributed by atoms with van der Waals surface area (Å²) in [4.78, 5) is 12.2. The molecule has 1 aliphatic rings. The number of halogens is 1. The van der Waals surface area contributed by atoms with Crippen molar-refractivity contribution in [3.63, 3.8) is 0 Å². The Kier molecular flexibility index (Phi) is 2.44. The molecular formula is C7H12FNO2. The lowest BCUT2D eigenvalue weighted by Gasteiger charge is -2.29. The van der Waals surface area contributed by atoms with Gasteiger partial charge in [-0.3, -0.25) is 4.79 Å². The van der Waals surface area contributed by atoms with Gasteiger partial charge in [0, 0.05) is 6.54 Å². The first-order valence-corrected chi connectivity index (χ1v) is 3.66. The summed E-state index contributed by atoms with van der Waals surface area (Å²) in [5.74, 6) is -1.79. The van der Waals surface area contributed by atoms with Gasteiger partial charge in [-0.05, 0) is 20.0 Å². The molecule has 1 saturated heterocycles. The molecule has 1 N–H and O–H groups in total. The maximum Gasteiger partial charge on any atom is 0.309 e. The van der Waals surface area contributed by atoms with Crippen molar-refractivity contribution in [2.45, 2.75) is 12.6 Å². The highest BCUT2D eigenvalue weighted by atomic mass is 19.1. The zero-order chi connectivity index (χ0) is 8.43. The van der Waals surface area contributed by atoms with Crippen LogP contribution in [0.5, 0.6) is 0 Å². The highest BCUT2D eigenvalue weighted by Gasteiger charge is 2.32. The Bertz CT molecular complexity index is 163. The van der Waals surface area contributed by atoms with Gasteiger partial charge in [0.25, 0.3) is 0 Å². The summed E-state index contributed by atoms with van der Waals surface area (Å²) in [7, 11) is 1.80. The first-order chi connectivity index (χ1) is 5.11. The minimum atomic E-state index is -1.20. The molecular weight excluding hydrogens is 149 g/mol. The van der Waals surface area contributed by atoms with Crippen molar-refractivity contribution in [3.05, 3.63) is 0 Å². The fraction of sp³-hybridized carbons (Fsp3) is 0.857. The highest BCUT2D eigenvalue weighted by Crippen LogP contribution is 2.19. The first-order valence-electron chi connectivity index (χ1n) is 3.66. The number of carbonyl (C=O) groups is 1. The van der Waals surface area contributed by atoms with Gasteiger partial charge in [-0.1, -0.05) is 0 Å². The number of alkyl halides is 1. The number of rotatable bonds is 1. The van der Waals surface area contributed by atoms with Crippen LogP contribution in [0.25, 0.3) is 0 Å². The number of hydrogen-bond donors (Lipinski definition) is 1. The number of carboxylic acid groups (broad SMARTS) is 1. The van der Waals surface area contributed by atoms with Crippen LogP contribution in [0.4, 0.5) is 4.39 Å². The summed E-state index contributed by atoms with van der Waals surface area (Å²) in [5, 5.41) is 8.54. The van der Waals surface area contributed by atoms with Crippen molar-refractivity contribution < 1.29 is 14.3 Å². The maximum absolute atomic E-state index is 12.9. The van der Waals surface area contributed by atoms with Gasteiger partial charge in [-0.25, -0.2) is 4.39 Å². The van der Waals surface area contributed by atoms with Crippen LogP contribution in [-0.2, 0) is 4.79 Å². The second kappa shape index (κ2) is 3.17. The summed E-state index contributed by atoms with van der Waals surface area (Å²) < 4.78 is 12.9. The van der Waals surface area contributed by atoms with Crippen LogP contribution in [0.15, 0.2) is 0 Å². The maximum atomic E-state index is 12.9. The van der Waals surface area contributed by atoms with E-state index in [0.29, 0.717) is 13.0 Å². The minimum Gasteiger partial charge on any atom is -0.481 e.